The maximum absolute atomic E-state index is 11.3. The predicted octanol–water partition coefficient (Wildman–Crippen LogP) is 3.07. The van der Waals surface area contributed by atoms with Crippen LogP contribution in [0.5, 0.6) is 0 Å². The largest absolute Gasteiger partial charge is 0.444 e. The Labute approximate surface area is 112 Å². The molecule has 0 heterocycles. The second-order valence-electron chi connectivity index (χ2n) is 5.78. The van der Waals surface area contributed by atoms with Crippen LogP contribution in [0.15, 0.2) is 0 Å². The fourth-order valence-electron chi connectivity index (χ4n) is 1.55. The summed E-state index contributed by atoms with van der Waals surface area (Å²) in [6, 6.07) is 0.562. The molecule has 0 fully saturated rings. The molecule has 0 aliphatic carbocycles. The number of nitrogens with one attached hydrogen (secondary N) is 2. The van der Waals surface area contributed by atoms with Crippen molar-refractivity contribution in [1.82, 2.24) is 10.6 Å². The van der Waals surface area contributed by atoms with Gasteiger partial charge in [-0.1, -0.05) is 19.8 Å². The van der Waals surface area contributed by atoms with E-state index in [1.807, 2.05) is 20.8 Å². The van der Waals surface area contributed by atoms with E-state index in [1.54, 1.807) is 0 Å². The molecule has 1 amide bonds. The number of alkyl carbamates (subject to hydrolysis) is 1. The number of hydrogen-bond acceptors (Lipinski definition) is 3. The van der Waals surface area contributed by atoms with Gasteiger partial charge in [-0.3, -0.25) is 0 Å². The Balaban J connectivity index is 3.42. The van der Waals surface area contributed by atoms with Gasteiger partial charge >= 0.3 is 6.09 Å². The van der Waals surface area contributed by atoms with Crippen LogP contribution >= 0.6 is 0 Å². The van der Waals surface area contributed by atoms with Gasteiger partial charge in [-0.15, -0.1) is 0 Å². The van der Waals surface area contributed by atoms with Crippen molar-refractivity contribution in [2.24, 2.45) is 0 Å². The van der Waals surface area contributed by atoms with E-state index >= 15 is 0 Å². The van der Waals surface area contributed by atoms with Gasteiger partial charge in [0.15, 0.2) is 0 Å². The zero-order valence-corrected chi connectivity index (χ0v) is 12.6. The van der Waals surface area contributed by atoms with Gasteiger partial charge in [0.2, 0.25) is 0 Å². The SMILES string of the molecule is CCCCC(C)NCCCNC(=O)OC(C)(C)C. The molecule has 0 aromatic carbocycles. The maximum Gasteiger partial charge on any atom is 0.407 e. The highest BCUT2D eigenvalue weighted by Gasteiger charge is 2.15. The smallest absolute Gasteiger partial charge is 0.407 e. The number of hydrogen-bond donors (Lipinski definition) is 2. The Hall–Kier alpha value is -0.770. The molecule has 18 heavy (non-hydrogen) atoms. The van der Waals surface area contributed by atoms with Gasteiger partial charge in [0.25, 0.3) is 0 Å². The fraction of sp³-hybridized carbons (Fsp3) is 0.929. The minimum atomic E-state index is -0.420. The van der Waals surface area contributed by atoms with E-state index in [2.05, 4.69) is 24.5 Å². The Bertz CT molecular complexity index is 224. The van der Waals surface area contributed by atoms with Crippen LogP contribution < -0.4 is 10.6 Å². The van der Waals surface area contributed by atoms with Crippen LogP contribution in [0.25, 0.3) is 0 Å². The molecule has 1 atom stereocenters. The first-order chi connectivity index (χ1) is 8.35. The quantitative estimate of drug-likeness (QED) is 0.658. The molecule has 0 aliphatic rings. The molecule has 0 spiro atoms. The third-order valence-corrected chi connectivity index (χ3v) is 2.51. The Morgan fingerprint density at radius 2 is 1.89 bits per heavy atom. The van der Waals surface area contributed by atoms with Crippen molar-refractivity contribution in [3.05, 3.63) is 0 Å². The summed E-state index contributed by atoms with van der Waals surface area (Å²) < 4.78 is 5.15. The molecular weight excluding hydrogens is 228 g/mol. The molecule has 1 unspecified atom stereocenters. The van der Waals surface area contributed by atoms with Crippen molar-refractivity contribution in [2.75, 3.05) is 13.1 Å². The molecule has 108 valence electrons. The number of unbranched alkanes of at least 4 members (excludes halogenated alkanes) is 1. The number of rotatable bonds is 8. The number of amides is 1. The maximum atomic E-state index is 11.3. The first kappa shape index (κ1) is 17.2. The summed E-state index contributed by atoms with van der Waals surface area (Å²) in [5.41, 5.74) is -0.420. The van der Waals surface area contributed by atoms with E-state index in [0.717, 1.165) is 13.0 Å². The van der Waals surface area contributed by atoms with Gasteiger partial charge in [0, 0.05) is 12.6 Å². The van der Waals surface area contributed by atoms with Crippen molar-refractivity contribution in [3.8, 4) is 0 Å². The third-order valence-electron chi connectivity index (χ3n) is 2.51. The standard InChI is InChI=1S/C14H30N2O2/c1-6-7-9-12(2)15-10-8-11-16-13(17)18-14(3,4)5/h12,15H,6-11H2,1-5H3,(H,16,17). The van der Waals surface area contributed by atoms with Gasteiger partial charge in [-0.2, -0.15) is 0 Å². The lowest BCUT2D eigenvalue weighted by molar-refractivity contribution is 0.0527. The summed E-state index contributed by atoms with van der Waals surface area (Å²) in [7, 11) is 0. The minimum Gasteiger partial charge on any atom is -0.444 e. The Morgan fingerprint density at radius 3 is 2.44 bits per heavy atom. The van der Waals surface area contributed by atoms with E-state index in [1.165, 1.54) is 19.3 Å². The van der Waals surface area contributed by atoms with Crippen LogP contribution in [-0.2, 0) is 4.74 Å². The van der Waals surface area contributed by atoms with E-state index in [4.69, 9.17) is 4.74 Å². The molecule has 0 radical (unpaired) electrons. The van der Waals surface area contributed by atoms with E-state index in [-0.39, 0.29) is 6.09 Å². The second kappa shape index (κ2) is 9.20. The molecule has 4 heteroatoms. The fourth-order valence-corrected chi connectivity index (χ4v) is 1.55. The lowest BCUT2D eigenvalue weighted by Crippen LogP contribution is -2.34. The van der Waals surface area contributed by atoms with Gasteiger partial charge in [0.1, 0.15) is 5.60 Å². The molecule has 0 aromatic heterocycles. The molecule has 0 bridgehead atoms. The number of ether oxygens (including phenoxy) is 1. The van der Waals surface area contributed by atoms with Gasteiger partial charge in [-0.25, -0.2) is 4.79 Å². The lowest BCUT2D eigenvalue weighted by Gasteiger charge is -2.19. The molecule has 0 saturated carbocycles. The van der Waals surface area contributed by atoms with Crippen molar-refractivity contribution in [2.45, 2.75) is 71.9 Å². The lowest BCUT2D eigenvalue weighted by atomic mass is 10.1. The monoisotopic (exact) mass is 258 g/mol. The van der Waals surface area contributed by atoms with Gasteiger partial charge in [-0.05, 0) is 47.1 Å². The highest BCUT2D eigenvalue weighted by molar-refractivity contribution is 5.67. The second-order valence-corrected chi connectivity index (χ2v) is 5.78. The molecule has 2 N–H and O–H groups in total. The molecule has 0 saturated heterocycles. The van der Waals surface area contributed by atoms with Crippen molar-refractivity contribution >= 4 is 6.09 Å². The molecular formula is C14H30N2O2. The topological polar surface area (TPSA) is 50.4 Å². The zero-order valence-electron chi connectivity index (χ0n) is 12.6. The van der Waals surface area contributed by atoms with Crippen LogP contribution in [0.1, 0.15) is 60.3 Å². The molecule has 0 aromatic rings. The molecule has 0 aliphatic heterocycles. The molecule has 4 nitrogen and oxygen atoms in total. The first-order valence-corrected chi connectivity index (χ1v) is 7.05. The van der Waals surface area contributed by atoms with Crippen molar-refractivity contribution in [1.29, 1.82) is 0 Å². The summed E-state index contributed by atoms with van der Waals surface area (Å²) in [4.78, 5) is 11.3. The van der Waals surface area contributed by atoms with Crippen LogP contribution in [0.4, 0.5) is 4.79 Å². The average Bonchev–Trinajstić information content (AvgIpc) is 2.23. The van der Waals surface area contributed by atoms with Gasteiger partial charge in [0.05, 0.1) is 0 Å². The zero-order chi connectivity index (χ0) is 14.0. The summed E-state index contributed by atoms with van der Waals surface area (Å²) >= 11 is 0. The van der Waals surface area contributed by atoms with E-state index in [0.29, 0.717) is 12.6 Å². The highest BCUT2D eigenvalue weighted by atomic mass is 16.6. The average molecular weight is 258 g/mol. The third kappa shape index (κ3) is 11.7. The first-order valence-electron chi connectivity index (χ1n) is 7.05. The summed E-state index contributed by atoms with van der Waals surface area (Å²) in [6.45, 7) is 11.6. The van der Waals surface area contributed by atoms with Crippen LogP contribution in [0.2, 0.25) is 0 Å². The van der Waals surface area contributed by atoms with E-state index < -0.39 is 5.60 Å². The van der Waals surface area contributed by atoms with Crippen LogP contribution in [-0.4, -0.2) is 30.8 Å². The normalized spacial score (nSPS) is 13.2. The van der Waals surface area contributed by atoms with Gasteiger partial charge < -0.3 is 15.4 Å². The van der Waals surface area contributed by atoms with Crippen molar-refractivity contribution < 1.29 is 9.53 Å². The number of carbonyl (C=O) groups excluding carboxylic acids is 1. The Morgan fingerprint density at radius 1 is 1.22 bits per heavy atom. The Kier molecular flexibility index (Phi) is 8.81. The molecule has 0 rings (SSSR count). The van der Waals surface area contributed by atoms with E-state index in [9.17, 15) is 4.79 Å². The predicted molar refractivity (Wildman–Crippen MR) is 75.8 cm³/mol. The summed E-state index contributed by atoms with van der Waals surface area (Å²) in [5.74, 6) is 0. The van der Waals surface area contributed by atoms with Crippen LogP contribution in [0, 0.1) is 0 Å². The van der Waals surface area contributed by atoms with Crippen molar-refractivity contribution in [3.63, 3.8) is 0 Å². The van der Waals surface area contributed by atoms with Crippen LogP contribution in [0.3, 0.4) is 0 Å². The highest BCUT2D eigenvalue weighted by Crippen LogP contribution is 2.06. The minimum absolute atomic E-state index is 0.332. The summed E-state index contributed by atoms with van der Waals surface area (Å²) in [5, 5.41) is 6.20. The number of carbonyl (C=O) groups is 1. The summed E-state index contributed by atoms with van der Waals surface area (Å²) in [6.07, 6.45) is 4.32.